The first-order valence-corrected chi connectivity index (χ1v) is 12.8. The lowest BCUT2D eigenvalue weighted by atomic mass is 10.1. The van der Waals surface area contributed by atoms with Crippen LogP contribution in [-0.2, 0) is 10.0 Å². The summed E-state index contributed by atoms with van der Waals surface area (Å²) < 4.78 is 47.4. The van der Waals surface area contributed by atoms with E-state index in [9.17, 15) is 17.9 Å². The highest BCUT2D eigenvalue weighted by atomic mass is 35.5. The van der Waals surface area contributed by atoms with Gasteiger partial charge in [0.1, 0.15) is 16.5 Å². The third-order valence-corrected chi connectivity index (χ3v) is 7.79. The van der Waals surface area contributed by atoms with Crippen LogP contribution in [0.15, 0.2) is 71.6 Å². The maximum atomic E-state index is 13.5. The number of hydrogen-bond acceptors (Lipinski definition) is 5. The maximum absolute atomic E-state index is 13.5. The molecular formula is C25H26ClFN2O4S. The minimum atomic E-state index is -3.87. The molecule has 0 spiro atoms. The number of fused-ring (bicyclic) bond motifs is 2. The molecule has 0 aromatic heterocycles. The number of ether oxygens (including phenoxy) is 1. The van der Waals surface area contributed by atoms with Crippen molar-refractivity contribution in [2.45, 2.75) is 23.8 Å². The van der Waals surface area contributed by atoms with Crippen molar-refractivity contribution in [1.82, 2.24) is 4.90 Å². The van der Waals surface area contributed by atoms with E-state index in [1.165, 1.54) is 22.5 Å². The molecule has 1 atom stereocenters. The van der Waals surface area contributed by atoms with Crippen molar-refractivity contribution in [3.63, 3.8) is 0 Å². The van der Waals surface area contributed by atoms with Crippen LogP contribution in [-0.4, -0.2) is 45.1 Å². The third-order valence-electron chi connectivity index (χ3n) is 5.72. The van der Waals surface area contributed by atoms with E-state index in [1.54, 1.807) is 48.5 Å². The summed E-state index contributed by atoms with van der Waals surface area (Å²) in [5.41, 5.74) is 1.13. The molecule has 180 valence electrons. The number of nitrogens with zero attached hydrogens (tertiary/aromatic N) is 2. The number of unbranched alkanes of at least 4 members (excludes halogenated alkanes) is 1. The molecule has 1 N–H and O–H groups in total. The smallest absolute Gasteiger partial charge is 0.268 e. The zero-order valence-electron chi connectivity index (χ0n) is 18.7. The summed E-state index contributed by atoms with van der Waals surface area (Å²) in [5.74, 6) is 0.366. The van der Waals surface area contributed by atoms with E-state index in [1.807, 2.05) is 11.9 Å². The van der Waals surface area contributed by atoms with Crippen LogP contribution in [0.1, 0.15) is 24.5 Å². The Hall–Kier alpha value is -2.65. The Bertz CT molecular complexity index is 1250. The number of aliphatic hydroxyl groups excluding tert-OH is 1. The van der Waals surface area contributed by atoms with Gasteiger partial charge < -0.3 is 14.7 Å². The Kier molecular flexibility index (Phi) is 7.42. The number of hydrogen-bond donors (Lipinski definition) is 1. The van der Waals surface area contributed by atoms with E-state index in [0.717, 1.165) is 0 Å². The number of para-hydroxylation sites is 2. The largest absolute Gasteiger partial charge is 0.454 e. The first-order valence-electron chi connectivity index (χ1n) is 11.0. The van der Waals surface area contributed by atoms with E-state index in [2.05, 4.69) is 0 Å². The van der Waals surface area contributed by atoms with Gasteiger partial charge in [0.15, 0.2) is 5.75 Å². The summed E-state index contributed by atoms with van der Waals surface area (Å²) in [7, 11) is -1.99. The quantitative estimate of drug-likeness (QED) is 0.426. The summed E-state index contributed by atoms with van der Waals surface area (Å²) in [5, 5.41) is 10.7. The molecule has 0 amide bonds. The van der Waals surface area contributed by atoms with Gasteiger partial charge >= 0.3 is 0 Å². The zero-order valence-corrected chi connectivity index (χ0v) is 20.3. The predicted octanol–water partition coefficient (Wildman–Crippen LogP) is 5.23. The van der Waals surface area contributed by atoms with Gasteiger partial charge in [-0.3, -0.25) is 4.31 Å². The normalized spacial score (nSPS) is 15.3. The molecule has 0 fully saturated rings. The fraction of sp³-hybridized carbons (Fsp3) is 0.280. The summed E-state index contributed by atoms with van der Waals surface area (Å²) in [6.45, 7) is 1.31. The molecule has 1 aliphatic heterocycles. The van der Waals surface area contributed by atoms with Crippen molar-refractivity contribution in [3.05, 3.63) is 83.1 Å². The van der Waals surface area contributed by atoms with E-state index in [-0.39, 0.29) is 23.0 Å². The van der Waals surface area contributed by atoms with Crippen LogP contribution in [0.5, 0.6) is 11.5 Å². The Labute approximate surface area is 204 Å². The fourth-order valence-electron chi connectivity index (χ4n) is 3.94. The molecule has 3 aromatic rings. The maximum Gasteiger partial charge on any atom is 0.268 e. The monoisotopic (exact) mass is 504 g/mol. The van der Waals surface area contributed by atoms with Crippen molar-refractivity contribution in [1.29, 1.82) is 0 Å². The number of aliphatic hydroxyl groups is 1. The Balaban J connectivity index is 1.42. The molecule has 3 aromatic carbocycles. The average Bonchev–Trinajstić information content (AvgIpc) is 2.89. The molecule has 34 heavy (non-hydrogen) atoms. The van der Waals surface area contributed by atoms with Crippen molar-refractivity contribution in [3.8, 4) is 11.5 Å². The minimum absolute atomic E-state index is 0.0377. The molecule has 0 aliphatic carbocycles. The van der Waals surface area contributed by atoms with E-state index in [4.69, 9.17) is 16.3 Å². The molecule has 9 heteroatoms. The van der Waals surface area contributed by atoms with Gasteiger partial charge in [-0.05, 0) is 74.5 Å². The van der Waals surface area contributed by atoms with Crippen LogP contribution in [0.3, 0.4) is 0 Å². The van der Waals surface area contributed by atoms with Gasteiger partial charge in [0.25, 0.3) is 10.0 Å². The third kappa shape index (κ3) is 5.36. The van der Waals surface area contributed by atoms with Crippen LogP contribution < -0.4 is 9.04 Å². The molecule has 0 unspecified atom stereocenters. The minimum Gasteiger partial charge on any atom is -0.454 e. The summed E-state index contributed by atoms with van der Waals surface area (Å²) in [6, 6.07) is 17.4. The van der Waals surface area contributed by atoms with Crippen molar-refractivity contribution in [2.75, 3.05) is 31.0 Å². The first kappa shape index (κ1) is 24.5. The van der Waals surface area contributed by atoms with Crippen LogP contribution in [0.4, 0.5) is 10.1 Å². The summed E-state index contributed by atoms with van der Waals surface area (Å²) >= 11 is 6.09. The number of halogens is 2. The lowest BCUT2D eigenvalue weighted by molar-refractivity contribution is 0.126. The van der Waals surface area contributed by atoms with E-state index < -0.39 is 16.1 Å². The highest BCUT2D eigenvalue weighted by Crippen LogP contribution is 2.43. The molecule has 4 rings (SSSR count). The highest BCUT2D eigenvalue weighted by Gasteiger charge is 2.33. The van der Waals surface area contributed by atoms with Gasteiger partial charge in [-0.1, -0.05) is 35.9 Å². The summed E-state index contributed by atoms with van der Waals surface area (Å²) in [4.78, 5) is 2.01. The molecule has 0 saturated heterocycles. The number of anilines is 1. The second kappa shape index (κ2) is 10.3. The van der Waals surface area contributed by atoms with Crippen molar-refractivity contribution >= 4 is 27.3 Å². The first-order chi connectivity index (χ1) is 16.3. The lowest BCUT2D eigenvalue weighted by Gasteiger charge is -2.24. The topological polar surface area (TPSA) is 70.1 Å². The van der Waals surface area contributed by atoms with E-state index >= 15 is 0 Å². The predicted molar refractivity (Wildman–Crippen MR) is 131 cm³/mol. The highest BCUT2D eigenvalue weighted by molar-refractivity contribution is 7.93. The second-order valence-corrected chi connectivity index (χ2v) is 10.5. The van der Waals surface area contributed by atoms with Crippen LogP contribution in [0, 0.1) is 5.82 Å². The van der Waals surface area contributed by atoms with Gasteiger partial charge in [-0.25, -0.2) is 12.8 Å². The van der Waals surface area contributed by atoms with Crippen molar-refractivity contribution < 1.29 is 22.7 Å². The molecule has 1 aliphatic rings. The standard InChI is InChI=1S/C25H26ClFN2O4S/c1-28(17-22(30)18-8-11-20(27)12-9-18)14-4-5-15-29-21-6-2-3-7-23(21)33-24-13-10-19(26)16-25(24)34(29,31)32/h2-3,6-13,16,22,30H,4-5,14-15,17H2,1H3/t22-/m0/s1. The molecule has 1 heterocycles. The number of rotatable bonds is 8. The number of sulfonamides is 1. The van der Waals surface area contributed by atoms with Gasteiger partial charge in [-0.2, -0.15) is 0 Å². The molecular weight excluding hydrogens is 479 g/mol. The fourth-order valence-corrected chi connectivity index (χ4v) is 5.83. The molecule has 0 saturated carbocycles. The second-order valence-electron chi connectivity index (χ2n) is 8.27. The summed E-state index contributed by atoms with van der Waals surface area (Å²) in [6.07, 6.45) is 0.576. The van der Waals surface area contributed by atoms with Crippen LogP contribution >= 0.6 is 11.6 Å². The molecule has 6 nitrogen and oxygen atoms in total. The Morgan fingerprint density at radius 3 is 2.56 bits per heavy atom. The van der Waals surface area contributed by atoms with Crippen molar-refractivity contribution in [2.24, 2.45) is 0 Å². The Morgan fingerprint density at radius 2 is 1.79 bits per heavy atom. The van der Waals surface area contributed by atoms with E-state index in [0.29, 0.717) is 48.0 Å². The zero-order chi connectivity index (χ0) is 24.3. The van der Waals surface area contributed by atoms with Gasteiger partial charge in [-0.15, -0.1) is 0 Å². The number of benzene rings is 3. The van der Waals surface area contributed by atoms with Gasteiger partial charge in [0, 0.05) is 18.1 Å². The SMILES string of the molecule is CN(CCCCN1c2ccccc2Oc2ccc(Cl)cc2S1(=O)=O)C[C@H](O)c1ccc(F)cc1. The molecule has 0 radical (unpaired) electrons. The van der Waals surface area contributed by atoms with Crippen LogP contribution in [0.2, 0.25) is 5.02 Å². The molecule has 0 bridgehead atoms. The lowest BCUT2D eigenvalue weighted by Crippen LogP contribution is -2.32. The van der Waals surface area contributed by atoms with Gasteiger partial charge in [0.2, 0.25) is 0 Å². The average molecular weight is 505 g/mol. The van der Waals surface area contributed by atoms with Crippen LogP contribution in [0.25, 0.3) is 0 Å². The Morgan fingerprint density at radius 1 is 1.06 bits per heavy atom. The number of likely N-dealkylation sites (N-methyl/N-ethyl adjacent to an activating group) is 1. The van der Waals surface area contributed by atoms with Gasteiger partial charge in [0.05, 0.1) is 11.8 Å².